The first-order chi connectivity index (χ1) is 2.27. The molecule has 0 rings (SSSR count). The number of thiocarbonyl (C=S) groups is 1. The Labute approximate surface area is 43.0 Å². The lowest BCUT2D eigenvalue weighted by atomic mass is 10.5. The van der Waals surface area contributed by atoms with Crippen molar-refractivity contribution >= 4 is 37.1 Å². The maximum absolute atomic E-state index is 4.70. The first-order valence-corrected chi connectivity index (χ1v) is 1.82. The predicted octanol–water partition coefficient (Wildman–Crippen LogP) is -0.126. The fraction of sp³-hybridized carbons (Fsp3) is 0. The Morgan fingerprint density at radius 1 is 2.00 bits per heavy atom. The van der Waals surface area contributed by atoms with Crippen LogP contribution in [-0.4, -0.2) is 12.3 Å². The molecule has 0 heterocycles. The minimum atomic E-state index is 0.310. The maximum Gasteiger partial charge on any atom is 0.224 e. The standard InChI is InChI=1S/CH2BNS2/c2-3-1(4)5/h(H2,3,4,5). The van der Waals surface area contributed by atoms with Crippen molar-refractivity contribution in [3.05, 3.63) is 0 Å². The van der Waals surface area contributed by atoms with Gasteiger partial charge >= 0.3 is 0 Å². The Kier molecular flexibility index (Phi) is 2.69. The number of rotatable bonds is 0. The molecule has 0 aromatic rings. The predicted molar refractivity (Wildman–Crippen MR) is 30.5 cm³/mol. The summed E-state index contributed by atoms with van der Waals surface area (Å²) in [6.07, 6.45) is 0. The summed E-state index contributed by atoms with van der Waals surface area (Å²) in [7, 11) is 4.70. The molecule has 0 atom stereocenters. The van der Waals surface area contributed by atoms with E-state index in [-0.39, 0.29) is 0 Å². The lowest BCUT2D eigenvalue weighted by molar-refractivity contribution is 1.61. The van der Waals surface area contributed by atoms with Crippen LogP contribution >= 0.6 is 24.8 Å². The maximum atomic E-state index is 4.70. The molecule has 1 nitrogen and oxygen atoms in total. The lowest BCUT2D eigenvalue weighted by Crippen LogP contribution is -2.09. The largest absolute Gasteiger partial charge is 0.424 e. The Hall–Kier alpha value is 0.305. The Bertz CT molecular complexity index is 44.9. The molecular weight excluding hydrogens is 101 g/mol. The summed E-state index contributed by atoms with van der Waals surface area (Å²) in [6, 6.07) is 0. The van der Waals surface area contributed by atoms with E-state index in [1.54, 1.807) is 0 Å². The van der Waals surface area contributed by atoms with Gasteiger partial charge in [0.1, 0.15) is 4.32 Å². The molecule has 5 heavy (non-hydrogen) atoms. The molecule has 0 aromatic heterocycles. The van der Waals surface area contributed by atoms with E-state index in [0.717, 1.165) is 0 Å². The number of thiol groups is 1. The number of hydrogen-bond donors (Lipinski definition) is 2. The van der Waals surface area contributed by atoms with Gasteiger partial charge in [-0.3, -0.25) is 0 Å². The van der Waals surface area contributed by atoms with Crippen LogP contribution in [0.2, 0.25) is 0 Å². The van der Waals surface area contributed by atoms with Crippen LogP contribution in [0.15, 0.2) is 0 Å². The van der Waals surface area contributed by atoms with Crippen LogP contribution in [0.1, 0.15) is 0 Å². The minimum Gasteiger partial charge on any atom is -0.424 e. The highest BCUT2D eigenvalue weighted by Gasteiger charge is 1.68. The van der Waals surface area contributed by atoms with Gasteiger partial charge in [-0.1, -0.05) is 12.2 Å². The molecule has 0 saturated carbocycles. The van der Waals surface area contributed by atoms with Gasteiger partial charge in [0.2, 0.25) is 7.98 Å². The van der Waals surface area contributed by atoms with Gasteiger partial charge in [0.25, 0.3) is 0 Å². The Morgan fingerprint density at radius 3 is 2.20 bits per heavy atom. The highest BCUT2D eigenvalue weighted by Crippen LogP contribution is 1.69. The van der Waals surface area contributed by atoms with E-state index < -0.39 is 0 Å². The van der Waals surface area contributed by atoms with Crippen molar-refractivity contribution in [3.63, 3.8) is 0 Å². The third-order valence-electron chi connectivity index (χ3n) is 0.123. The fourth-order valence-electron chi connectivity index (χ4n) is 0. The monoisotopic (exact) mass is 103 g/mol. The minimum absolute atomic E-state index is 0.310. The van der Waals surface area contributed by atoms with E-state index in [9.17, 15) is 0 Å². The zero-order valence-corrected chi connectivity index (χ0v) is 4.14. The van der Waals surface area contributed by atoms with Gasteiger partial charge in [-0.05, 0) is 0 Å². The number of nitrogens with one attached hydrogen (secondary N) is 1. The summed E-state index contributed by atoms with van der Waals surface area (Å²) in [5, 5.41) is 2.12. The van der Waals surface area contributed by atoms with Gasteiger partial charge in [-0.15, -0.1) is 12.6 Å². The van der Waals surface area contributed by atoms with Crippen molar-refractivity contribution < 1.29 is 0 Å². The van der Waals surface area contributed by atoms with E-state index in [1.165, 1.54) is 0 Å². The van der Waals surface area contributed by atoms with Crippen LogP contribution in [0, 0.1) is 0 Å². The van der Waals surface area contributed by atoms with Gasteiger partial charge < -0.3 is 5.23 Å². The molecular formula is CH2BNS2. The van der Waals surface area contributed by atoms with Gasteiger partial charge in [0, 0.05) is 0 Å². The van der Waals surface area contributed by atoms with Gasteiger partial charge in [0.05, 0.1) is 0 Å². The zero-order valence-electron chi connectivity index (χ0n) is 2.43. The second-order valence-corrected chi connectivity index (χ2v) is 1.61. The third-order valence-corrected chi connectivity index (χ3v) is 0.370. The van der Waals surface area contributed by atoms with Crippen molar-refractivity contribution in [3.8, 4) is 0 Å². The van der Waals surface area contributed by atoms with Crippen LogP contribution in [0.3, 0.4) is 0 Å². The van der Waals surface area contributed by atoms with Crippen LogP contribution in [0.4, 0.5) is 0 Å². The highest BCUT2D eigenvalue weighted by atomic mass is 32.1. The van der Waals surface area contributed by atoms with Crippen LogP contribution in [-0.2, 0) is 0 Å². The lowest BCUT2D eigenvalue weighted by Gasteiger charge is -1.83. The summed E-state index contributed by atoms with van der Waals surface area (Å²) < 4.78 is 0.310. The van der Waals surface area contributed by atoms with Crippen LogP contribution in [0.5, 0.6) is 0 Å². The van der Waals surface area contributed by atoms with E-state index in [4.69, 9.17) is 7.98 Å². The topological polar surface area (TPSA) is 12.0 Å². The Morgan fingerprint density at radius 2 is 2.20 bits per heavy atom. The summed E-state index contributed by atoms with van der Waals surface area (Å²) in [4.78, 5) is 0. The number of hydrogen-bond acceptors (Lipinski definition) is 1. The first-order valence-electron chi connectivity index (χ1n) is 0.966. The van der Waals surface area contributed by atoms with E-state index in [2.05, 4.69) is 30.1 Å². The quantitative estimate of drug-likeness (QED) is 0.251. The normalized spacial score (nSPS) is 6.60. The molecule has 0 aliphatic carbocycles. The summed E-state index contributed by atoms with van der Waals surface area (Å²) in [5.41, 5.74) is 0. The van der Waals surface area contributed by atoms with Crippen LogP contribution in [0.25, 0.3) is 0 Å². The molecule has 1 N–H and O–H groups in total. The SMILES string of the molecule is [B]NC(=S)S. The van der Waals surface area contributed by atoms with Gasteiger partial charge in [-0.2, -0.15) is 0 Å². The zero-order chi connectivity index (χ0) is 4.28. The van der Waals surface area contributed by atoms with Crippen molar-refractivity contribution in [1.29, 1.82) is 0 Å². The average Bonchev–Trinajstić information content (AvgIpc) is 1.38. The van der Waals surface area contributed by atoms with E-state index >= 15 is 0 Å². The molecule has 0 amide bonds. The Balaban J connectivity index is 2.85. The molecule has 0 bridgehead atoms. The molecule has 0 aliphatic heterocycles. The van der Waals surface area contributed by atoms with E-state index in [0.29, 0.717) is 4.32 Å². The van der Waals surface area contributed by atoms with E-state index in [1.807, 2.05) is 0 Å². The van der Waals surface area contributed by atoms with Crippen molar-refractivity contribution in [1.82, 2.24) is 5.23 Å². The molecule has 2 radical (unpaired) electrons. The van der Waals surface area contributed by atoms with Crippen molar-refractivity contribution in [2.45, 2.75) is 0 Å². The summed E-state index contributed by atoms with van der Waals surface area (Å²) in [6.45, 7) is 0. The van der Waals surface area contributed by atoms with Gasteiger partial charge in [0.15, 0.2) is 0 Å². The molecule has 0 spiro atoms. The van der Waals surface area contributed by atoms with Gasteiger partial charge in [-0.25, -0.2) is 0 Å². The van der Waals surface area contributed by atoms with Crippen molar-refractivity contribution in [2.24, 2.45) is 0 Å². The molecule has 0 aliphatic rings. The second-order valence-electron chi connectivity index (χ2n) is 0.449. The molecule has 0 saturated heterocycles. The molecule has 26 valence electrons. The highest BCUT2D eigenvalue weighted by molar-refractivity contribution is 8.11. The second kappa shape index (κ2) is 2.54. The third kappa shape index (κ3) is 4.30. The molecule has 0 fully saturated rings. The summed E-state index contributed by atoms with van der Waals surface area (Å²) in [5.74, 6) is 0. The smallest absolute Gasteiger partial charge is 0.224 e. The molecule has 4 heteroatoms. The van der Waals surface area contributed by atoms with Crippen LogP contribution < -0.4 is 5.23 Å². The fourth-order valence-corrected chi connectivity index (χ4v) is 0. The molecule has 0 aromatic carbocycles. The summed E-state index contributed by atoms with van der Waals surface area (Å²) >= 11 is 7.92. The van der Waals surface area contributed by atoms with Crippen molar-refractivity contribution in [2.75, 3.05) is 0 Å². The average molecular weight is 103 g/mol. The first kappa shape index (κ1) is 5.30. The molecule has 0 unspecified atom stereocenters.